The van der Waals surface area contributed by atoms with Crippen molar-refractivity contribution in [2.24, 2.45) is 5.92 Å². The lowest BCUT2D eigenvalue weighted by molar-refractivity contribution is -0.147. The average molecular weight is 274 g/mol. The maximum Gasteiger partial charge on any atom is 0.306 e. The van der Waals surface area contributed by atoms with Gasteiger partial charge in [-0.15, -0.1) is 0 Å². The Kier molecular flexibility index (Phi) is 5.33. The number of rotatable bonds is 5. The number of carbonyl (C=O) groups excluding carboxylic acids is 2. The van der Waals surface area contributed by atoms with Gasteiger partial charge in [0.25, 0.3) is 0 Å². The SMILES string of the molecule is CC(OC(=O)CC1CCCCC1)C(=O)c1ccccc1. The molecule has 0 aliphatic heterocycles. The number of benzene rings is 1. The largest absolute Gasteiger partial charge is 0.454 e. The molecule has 0 spiro atoms. The van der Waals surface area contributed by atoms with Gasteiger partial charge in [-0.1, -0.05) is 49.6 Å². The molecule has 108 valence electrons. The zero-order chi connectivity index (χ0) is 14.4. The summed E-state index contributed by atoms with van der Waals surface area (Å²) in [6.07, 6.45) is 5.65. The molecule has 1 saturated carbocycles. The van der Waals surface area contributed by atoms with E-state index in [2.05, 4.69) is 0 Å². The molecule has 0 heterocycles. The first-order valence-electron chi connectivity index (χ1n) is 7.45. The van der Waals surface area contributed by atoms with Crippen molar-refractivity contribution >= 4 is 11.8 Å². The van der Waals surface area contributed by atoms with E-state index < -0.39 is 6.10 Å². The molecular weight excluding hydrogens is 252 g/mol. The highest BCUT2D eigenvalue weighted by Gasteiger charge is 2.22. The molecule has 1 aromatic rings. The second-order valence-corrected chi connectivity index (χ2v) is 5.57. The monoisotopic (exact) mass is 274 g/mol. The van der Waals surface area contributed by atoms with E-state index in [0.29, 0.717) is 17.9 Å². The number of carbonyl (C=O) groups is 2. The summed E-state index contributed by atoms with van der Waals surface area (Å²) < 4.78 is 5.28. The first-order valence-corrected chi connectivity index (χ1v) is 7.45. The molecule has 1 fully saturated rings. The lowest BCUT2D eigenvalue weighted by Gasteiger charge is -2.21. The van der Waals surface area contributed by atoms with Crippen LogP contribution < -0.4 is 0 Å². The molecule has 0 aromatic heterocycles. The van der Waals surface area contributed by atoms with Gasteiger partial charge >= 0.3 is 5.97 Å². The summed E-state index contributed by atoms with van der Waals surface area (Å²) in [6, 6.07) is 8.96. The molecule has 3 heteroatoms. The summed E-state index contributed by atoms with van der Waals surface area (Å²) in [5.41, 5.74) is 0.588. The number of esters is 1. The van der Waals surface area contributed by atoms with Crippen LogP contribution in [0.3, 0.4) is 0 Å². The van der Waals surface area contributed by atoms with E-state index >= 15 is 0 Å². The highest BCUT2D eigenvalue weighted by Crippen LogP contribution is 2.26. The number of ether oxygens (including phenoxy) is 1. The number of hydrogen-bond donors (Lipinski definition) is 0. The number of ketones is 1. The fourth-order valence-electron chi connectivity index (χ4n) is 2.76. The third-order valence-electron chi connectivity index (χ3n) is 3.92. The minimum atomic E-state index is -0.700. The quantitative estimate of drug-likeness (QED) is 0.606. The Morgan fingerprint density at radius 3 is 2.45 bits per heavy atom. The third kappa shape index (κ3) is 4.19. The van der Waals surface area contributed by atoms with E-state index in [1.807, 2.05) is 18.2 Å². The van der Waals surface area contributed by atoms with Crippen LogP contribution in [-0.2, 0) is 9.53 Å². The van der Waals surface area contributed by atoms with Gasteiger partial charge in [0.2, 0.25) is 5.78 Å². The zero-order valence-electron chi connectivity index (χ0n) is 12.0. The van der Waals surface area contributed by atoms with E-state index in [1.165, 1.54) is 19.3 Å². The van der Waals surface area contributed by atoms with Gasteiger partial charge in [0.1, 0.15) is 0 Å². The second kappa shape index (κ2) is 7.22. The fourth-order valence-corrected chi connectivity index (χ4v) is 2.76. The topological polar surface area (TPSA) is 43.4 Å². The minimum Gasteiger partial charge on any atom is -0.454 e. The summed E-state index contributed by atoms with van der Waals surface area (Å²) in [5.74, 6) is 0.0616. The van der Waals surface area contributed by atoms with Crippen LogP contribution >= 0.6 is 0 Å². The highest BCUT2D eigenvalue weighted by molar-refractivity contribution is 6.00. The normalized spacial score (nSPS) is 17.4. The van der Waals surface area contributed by atoms with E-state index in [1.54, 1.807) is 19.1 Å². The van der Waals surface area contributed by atoms with Gasteiger partial charge in [-0.3, -0.25) is 9.59 Å². The van der Waals surface area contributed by atoms with Gasteiger partial charge in [-0.2, -0.15) is 0 Å². The number of hydrogen-bond acceptors (Lipinski definition) is 3. The van der Waals surface area contributed by atoms with E-state index in [-0.39, 0.29) is 11.8 Å². The molecule has 1 unspecified atom stereocenters. The maximum atomic E-state index is 12.1. The van der Waals surface area contributed by atoms with Crippen molar-refractivity contribution in [2.45, 2.75) is 51.6 Å². The molecular formula is C17H22O3. The van der Waals surface area contributed by atoms with Crippen LogP contribution in [0.4, 0.5) is 0 Å². The molecule has 1 aliphatic carbocycles. The second-order valence-electron chi connectivity index (χ2n) is 5.57. The Hall–Kier alpha value is -1.64. The minimum absolute atomic E-state index is 0.136. The van der Waals surface area contributed by atoms with Gasteiger partial charge in [0.05, 0.1) is 0 Å². The predicted molar refractivity (Wildman–Crippen MR) is 77.5 cm³/mol. The molecule has 1 aliphatic rings. The Balaban J connectivity index is 1.82. The lowest BCUT2D eigenvalue weighted by atomic mass is 9.87. The fraction of sp³-hybridized carbons (Fsp3) is 0.529. The standard InChI is InChI=1S/C17H22O3/c1-13(17(19)15-10-6-3-7-11-15)20-16(18)12-14-8-4-2-5-9-14/h3,6-7,10-11,13-14H,2,4-5,8-9,12H2,1H3. The van der Waals surface area contributed by atoms with Crippen molar-refractivity contribution in [3.8, 4) is 0 Å². The summed E-state index contributed by atoms with van der Waals surface area (Å²) >= 11 is 0. The van der Waals surface area contributed by atoms with Crippen molar-refractivity contribution in [3.05, 3.63) is 35.9 Å². The van der Waals surface area contributed by atoms with Crippen LogP contribution in [0.5, 0.6) is 0 Å². The predicted octanol–water partition coefficient (Wildman–Crippen LogP) is 3.77. The molecule has 1 aromatic carbocycles. The van der Waals surface area contributed by atoms with Crippen LogP contribution in [0.25, 0.3) is 0 Å². The van der Waals surface area contributed by atoms with Crippen LogP contribution in [0, 0.1) is 5.92 Å². The first-order chi connectivity index (χ1) is 9.66. The van der Waals surface area contributed by atoms with Gasteiger partial charge < -0.3 is 4.74 Å². The number of Topliss-reactive ketones (excluding diaryl/α,β-unsaturated/α-hetero) is 1. The van der Waals surface area contributed by atoms with Gasteiger partial charge in [0.15, 0.2) is 6.10 Å². The van der Waals surface area contributed by atoms with Gasteiger partial charge in [-0.05, 0) is 25.7 Å². The van der Waals surface area contributed by atoms with Crippen LogP contribution in [-0.4, -0.2) is 17.9 Å². The zero-order valence-corrected chi connectivity index (χ0v) is 12.0. The highest BCUT2D eigenvalue weighted by atomic mass is 16.5. The Morgan fingerprint density at radius 1 is 1.15 bits per heavy atom. The molecule has 3 nitrogen and oxygen atoms in total. The van der Waals surface area contributed by atoms with Crippen LogP contribution in [0.2, 0.25) is 0 Å². The molecule has 0 bridgehead atoms. The van der Waals surface area contributed by atoms with Crippen LogP contribution in [0.1, 0.15) is 55.8 Å². The molecule has 2 rings (SSSR count). The van der Waals surface area contributed by atoms with Crippen molar-refractivity contribution in [3.63, 3.8) is 0 Å². The summed E-state index contributed by atoms with van der Waals surface area (Å²) in [4.78, 5) is 24.0. The van der Waals surface area contributed by atoms with Gasteiger partial charge in [0, 0.05) is 12.0 Å². The van der Waals surface area contributed by atoms with E-state index in [4.69, 9.17) is 4.74 Å². The van der Waals surface area contributed by atoms with Crippen molar-refractivity contribution in [2.75, 3.05) is 0 Å². The summed E-state index contributed by atoms with van der Waals surface area (Å²) in [7, 11) is 0. The van der Waals surface area contributed by atoms with Crippen molar-refractivity contribution < 1.29 is 14.3 Å². The lowest BCUT2D eigenvalue weighted by Crippen LogP contribution is -2.25. The average Bonchev–Trinajstić information content (AvgIpc) is 2.48. The smallest absolute Gasteiger partial charge is 0.306 e. The third-order valence-corrected chi connectivity index (χ3v) is 3.92. The van der Waals surface area contributed by atoms with Gasteiger partial charge in [-0.25, -0.2) is 0 Å². The molecule has 0 amide bonds. The molecule has 1 atom stereocenters. The summed E-state index contributed by atoms with van der Waals surface area (Å²) in [6.45, 7) is 1.65. The van der Waals surface area contributed by atoms with E-state index in [0.717, 1.165) is 12.8 Å². The molecule has 0 N–H and O–H groups in total. The van der Waals surface area contributed by atoms with Crippen molar-refractivity contribution in [1.29, 1.82) is 0 Å². The first kappa shape index (κ1) is 14.8. The Labute approximate surface area is 120 Å². The Bertz CT molecular complexity index is 447. The molecule has 0 radical (unpaired) electrons. The van der Waals surface area contributed by atoms with Crippen molar-refractivity contribution in [1.82, 2.24) is 0 Å². The molecule has 20 heavy (non-hydrogen) atoms. The Morgan fingerprint density at radius 2 is 1.80 bits per heavy atom. The maximum absolute atomic E-state index is 12.1. The van der Waals surface area contributed by atoms with E-state index in [9.17, 15) is 9.59 Å². The van der Waals surface area contributed by atoms with Crippen LogP contribution in [0.15, 0.2) is 30.3 Å². The molecule has 0 saturated heterocycles. The summed E-state index contributed by atoms with van der Waals surface area (Å²) in [5, 5.41) is 0.